The van der Waals surface area contributed by atoms with Gasteiger partial charge in [0.15, 0.2) is 11.5 Å². The van der Waals surface area contributed by atoms with Gasteiger partial charge in [0.25, 0.3) is 0 Å². The van der Waals surface area contributed by atoms with E-state index in [9.17, 15) is 5.11 Å². The maximum absolute atomic E-state index is 10.9. The number of fused-ring (bicyclic) bond motifs is 2. The minimum absolute atomic E-state index is 0.0498. The van der Waals surface area contributed by atoms with Gasteiger partial charge in [-0.15, -0.1) is 0 Å². The van der Waals surface area contributed by atoms with Crippen LogP contribution in [0.1, 0.15) is 29.2 Å². The number of benzene rings is 2. The highest BCUT2D eigenvalue weighted by molar-refractivity contribution is 5.61. The summed E-state index contributed by atoms with van der Waals surface area (Å²) in [6.45, 7) is 1.14. The molecule has 0 fully saturated rings. The largest absolute Gasteiger partial charge is 0.497 e. The molecule has 6 heteroatoms. The number of hydrogen-bond acceptors (Lipinski definition) is 6. The van der Waals surface area contributed by atoms with Crippen molar-refractivity contribution in [1.29, 1.82) is 0 Å². The summed E-state index contributed by atoms with van der Waals surface area (Å²) in [4.78, 5) is 2.28. The van der Waals surface area contributed by atoms with Crippen LogP contribution in [-0.2, 0) is 12.8 Å². The molecule has 150 valence electrons. The number of methoxy groups -OCH3 is 2. The summed E-state index contributed by atoms with van der Waals surface area (Å²) in [6.07, 6.45) is 1.61. The number of rotatable bonds is 6. The van der Waals surface area contributed by atoms with Crippen molar-refractivity contribution >= 4 is 0 Å². The normalized spacial score (nSPS) is 19.2. The SMILES string of the molecule is COc1cccc(C[C@H](O)C[C@@H]2c3c(cc4c(c3OC)OCO4)CCN2C)c1. The van der Waals surface area contributed by atoms with Gasteiger partial charge < -0.3 is 24.1 Å². The van der Waals surface area contributed by atoms with Gasteiger partial charge in [0.1, 0.15) is 5.75 Å². The zero-order valence-corrected chi connectivity index (χ0v) is 16.6. The first-order valence-corrected chi connectivity index (χ1v) is 9.61. The number of nitrogens with zero attached hydrogens (tertiary/aromatic N) is 1. The van der Waals surface area contributed by atoms with E-state index in [0.29, 0.717) is 18.6 Å². The number of ether oxygens (including phenoxy) is 4. The Bertz CT molecular complexity index is 853. The molecule has 28 heavy (non-hydrogen) atoms. The predicted molar refractivity (Wildman–Crippen MR) is 106 cm³/mol. The fourth-order valence-electron chi connectivity index (χ4n) is 4.24. The van der Waals surface area contributed by atoms with E-state index < -0.39 is 6.10 Å². The Morgan fingerprint density at radius 3 is 2.86 bits per heavy atom. The second-order valence-corrected chi connectivity index (χ2v) is 7.41. The molecule has 2 atom stereocenters. The maximum Gasteiger partial charge on any atom is 0.231 e. The highest BCUT2D eigenvalue weighted by atomic mass is 16.7. The van der Waals surface area contributed by atoms with Gasteiger partial charge in [0.05, 0.1) is 20.3 Å². The molecule has 0 aliphatic carbocycles. The maximum atomic E-state index is 10.9. The van der Waals surface area contributed by atoms with E-state index in [1.165, 1.54) is 5.56 Å². The van der Waals surface area contributed by atoms with E-state index >= 15 is 0 Å². The molecule has 2 aliphatic rings. The van der Waals surface area contributed by atoms with Gasteiger partial charge in [-0.25, -0.2) is 0 Å². The Kier molecular flexibility index (Phi) is 5.33. The summed E-state index contributed by atoms with van der Waals surface area (Å²) < 4.78 is 22.3. The number of likely N-dealkylation sites (N-methyl/N-ethyl adjacent to an activating group) is 1. The van der Waals surface area contributed by atoms with E-state index in [1.807, 2.05) is 24.3 Å². The molecule has 2 aromatic carbocycles. The van der Waals surface area contributed by atoms with Crippen molar-refractivity contribution in [3.05, 3.63) is 47.0 Å². The van der Waals surface area contributed by atoms with Crippen molar-refractivity contribution in [2.24, 2.45) is 0 Å². The van der Waals surface area contributed by atoms with Crippen LogP contribution in [0, 0.1) is 0 Å². The third-order valence-corrected chi connectivity index (χ3v) is 5.65. The molecular weight excluding hydrogens is 358 g/mol. The van der Waals surface area contributed by atoms with Crippen LogP contribution in [0.2, 0.25) is 0 Å². The summed E-state index contributed by atoms with van der Waals surface area (Å²) in [7, 11) is 5.41. The second kappa shape index (κ2) is 7.89. The Hall–Kier alpha value is -2.44. The van der Waals surface area contributed by atoms with Crippen LogP contribution in [0.3, 0.4) is 0 Å². The zero-order chi connectivity index (χ0) is 19.7. The molecule has 2 aliphatic heterocycles. The molecule has 0 unspecified atom stereocenters. The molecule has 1 N–H and O–H groups in total. The second-order valence-electron chi connectivity index (χ2n) is 7.41. The summed E-state index contributed by atoms with van der Waals surface area (Å²) in [5.41, 5.74) is 3.37. The molecule has 0 aromatic heterocycles. The van der Waals surface area contributed by atoms with E-state index in [2.05, 4.69) is 18.0 Å². The van der Waals surface area contributed by atoms with Crippen molar-refractivity contribution in [2.45, 2.75) is 31.4 Å². The highest BCUT2D eigenvalue weighted by Gasteiger charge is 2.34. The molecule has 6 nitrogen and oxygen atoms in total. The molecule has 0 radical (unpaired) electrons. The molecule has 0 saturated carbocycles. The summed E-state index contributed by atoms with van der Waals surface area (Å²) in [6, 6.07) is 9.97. The lowest BCUT2D eigenvalue weighted by atomic mass is 9.87. The smallest absolute Gasteiger partial charge is 0.231 e. The Balaban J connectivity index is 1.60. The van der Waals surface area contributed by atoms with Crippen molar-refractivity contribution in [2.75, 3.05) is 34.6 Å². The van der Waals surface area contributed by atoms with Crippen molar-refractivity contribution in [3.63, 3.8) is 0 Å². The predicted octanol–water partition coefficient (Wildman–Crippen LogP) is 2.96. The number of aliphatic hydroxyl groups is 1. The van der Waals surface area contributed by atoms with E-state index in [-0.39, 0.29) is 12.8 Å². The average molecular weight is 385 g/mol. The van der Waals surface area contributed by atoms with Gasteiger partial charge in [0.2, 0.25) is 12.5 Å². The monoisotopic (exact) mass is 385 g/mol. The van der Waals surface area contributed by atoms with Crippen LogP contribution < -0.4 is 18.9 Å². The third-order valence-electron chi connectivity index (χ3n) is 5.65. The van der Waals surface area contributed by atoms with Crippen LogP contribution in [0.4, 0.5) is 0 Å². The van der Waals surface area contributed by atoms with Gasteiger partial charge >= 0.3 is 0 Å². The molecular formula is C22H27NO5. The minimum atomic E-state index is -0.486. The van der Waals surface area contributed by atoms with E-state index in [4.69, 9.17) is 18.9 Å². The summed E-state index contributed by atoms with van der Waals surface area (Å²) >= 11 is 0. The van der Waals surface area contributed by atoms with E-state index in [1.54, 1.807) is 14.2 Å². The van der Waals surface area contributed by atoms with Gasteiger partial charge in [-0.3, -0.25) is 4.90 Å². The average Bonchev–Trinajstić information content (AvgIpc) is 3.17. The number of hydrogen-bond donors (Lipinski definition) is 1. The third kappa shape index (κ3) is 3.50. The molecule has 2 heterocycles. The number of aliphatic hydroxyl groups excluding tert-OH is 1. The van der Waals surface area contributed by atoms with Crippen molar-refractivity contribution in [3.8, 4) is 23.0 Å². The Morgan fingerprint density at radius 1 is 1.21 bits per heavy atom. The molecule has 0 amide bonds. The van der Waals surface area contributed by atoms with Gasteiger partial charge in [-0.2, -0.15) is 0 Å². The van der Waals surface area contributed by atoms with Crippen molar-refractivity contribution < 1.29 is 24.1 Å². The lowest BCUT2D eigenvalue weighted by Gasteiger charge is -2.37. The topological polar surface area (TPSA) is 60.4 Å². The summed E-state index contributed by atoms with van der Waals surface area (Å²) in [5, 5.41) is 10.9. The molecule has 0 spiro atoms. The van der Waals surface area contributed by atoms with Crippen LogP contribution >= 0.6 is 0 Å². The Labute approximate surface area is 165 Å². The lowest BCUT2D eigenvalue weighted by Crippen LogP contribution is -2.35. The fourth-order valence-corrected chi connectivity index (χ4v) is 4.24. The molecule has 0 bridgehead atoms. The van der Waals surface area contributed by atoms with Crippen LogP contribution in [0.15, 0.2) is 30.3 Å². The highest BCUT2D eigenvalue weighted by Crippen LogP contribution is 2.50. The van der Waals surface area contributed by atoms with Gasteiger partial charge in [-0.1, -0.05) is 12.1 Å². The zero-order valence-electron chi connectivity index (χ0n) is 16.6. The first-order valence-electron chi connectivity index (χ1n) is 9.61. The molecule has 4 rings (SSSR count). The minimum Gasteiger partial charge on any atom is -0.497 e. The van der Waals surface area contributed by atoms with E-state index in [0.717, 1.165) is 41.3 Å². The van der Waals surface area contributed by atoms with Crippen LogP contribution in [0.5, 0.6) is 23.0 Å². The standard InChI is InChI=1S/C22H27NO5/c1-23-8-7-15-11-19-21(28-13-27-19)22(26-3)20(15)18(23)12-16(24)9-14-5-4-6-17(10-14)25-2/h4-6,10-11,16,18,24H,7-9,12-13H2,1-3H3/t16-,18+/m0/s1. The quantitative estimate of drug-likeness (QED) is 0.825. The van der Waals surface area contributed by atoms with Crippen LogP contribution in [-0.4, -0.2) is 50.7 Å². The van der Waals surface area contributed by atoms with Crippen LogP contribution in [0.25, 0.3) is 0 Å². The first-order chi connectivity index (χ1) is 13.6. The Morgan fingerprint density at radius 2 is 2.07 bits per heavy atom. The summed E-state index contributed by atoms with van der Waals surface area (Å²) in [5.74, 6) is 2.95. The van der Waals surface area contributed by atoms with Gasteiger partial charge in [-0.05, 0) is 55.6 Å². The van der Waals surface area contributed by atoms with Crippen molar-refractivity contribution in [1.82, 2.24) is 4.90 Å². The molecule has 2 aromatic rings. The molecule has 0 saturated heterocycles. The lowest BCUT2D eigenvalue weighted by molar-refractivity contribution is 0.107. The van der Waals surface area contributed by atoms with Gasteiger partial charge in [0, 0.05) is 18.2 Å². The first kappa shape index (κ1) is 18.9. The fraction of sp³-hybridized carbons (Fsp3) is 0.455.